The molecule has 2 unspecified atom stereocenters. The summed E-state index contributed by atoms with van der Waals surface area (Å²) in [5.74, 6) is -1.07. The van der Waals surface area contributed by atoms with Crippen molar-refractivity contribution in [1.82, 2.24) is 4.90 Å². The molecule has 1 aliphatic rings. The Kier molecular flexibility index (Phi) is 4.42. The van der Waals surface area contributed by atoms with Crippen LogP contribution in [-0.4, -0.2) is 28.6 Å². The highest BCUT2D eigenvalue weighted by molar-refractivity contribution is 6.31. The van der Waals surface area contributed by atoms with E-state index in [9.17, 15) is 14.3 Å². The highest BCUT2D eigenvalue weighted by Gasteiger charge is 2.34. The summed E-state index contributed by atoms with van der Waals surface area (Å²) in [4.78, 5) is 13.2. The molecule has 1 N–H and O–H groups in total. The van der Waals surface area contributed by atoms with Crippen molar-refractivity contribution in [3.63, 3.8) is 0 Å². The number of nitrogens with zero attached hydrogens (tertiary/aromatic N) is 1. The highest BCUT2D eigenvalue weighted by atomic mass is 35.5. The first-order valence-corrected chi connectivity index (χ1v) is 6.77. The van der Waals surface area contributed by atoms with Crippen LogP contribution >= 0.6 is 11.6 Å². The number of halogens is 2. The van der Waals surface area contributed by atoms with Gasteiger partial charge >= 0.3 is 5.97 Å². The van der Waals surface area contributed by atoms with E-state index >= 15 is 0 Å². The van der Waals surface area contributed by atoms with Crippen LogP contribution in [0.2, 0.25) is 5.02 Å². The van der Waals surface area contributed by atoms with Crippen molar-refractivity contribution >= 4 is 17.6 Å². The minimum atomic E-state index is -0.820. The Morgan fingerprint density at radius 1 is 1.58 bits per heavy atom. The number of rotatable bonds is 3. The second-order valence-corrected chi connectivity index (χ2v) is 5.52. The van der Waals surface area contributed by atoms with Gasteiger partial charge in [0, 0.05) is 11.6 Å². The van der Waals surface area contributed by atoms with Crippen molar-refractivity contribution in [2.75, 3.05) is 6.54 Å². The van der Waals surface area contributed by atoms with Gasteiger partial charge < -0.3 is 5.11 Å². The lowest BCUT2D eigenvalue weighted by atomic mass is 9.90. The minimum absolute atomic E-state index is 0.0959. The number of carbonyl (C=O) groups is 1. The third-order valence-corrected chi connectivity index (χ3v) is 4.04. The number of carboxylic acids is 1. The Balaban J connectivity index is 2.20. The normalized spacial score (nSPS) is 24.4. The molecule has 0 aromatic heterocycles. The van der Waals surface area contributed by atoms with Crippen LogP contribution < -0.4 is 0 Å². The minimum Gasteiger partial charge on any atom is -0.480 e. The first kappa shape index (κ1) is 14.3. The zero-order valence-electron chi connectivity index (χ0n) is 10.8. The van der Waals surface area contributed by atoms with Crippen LogP contribution in [0, 0.1) is 11.7 Å². The predicted molar refractivity (Wildman–Crippen MR) is 71.6 cm³/mol. The molecule has 3 nitrogen and oxygen atoms in total. The van der Waals surface area contributed by atoms with Crippen LogP contribution in [0.25, 0.3) is 0 Å². The number of hydrogen-bond donors (Lipinski definition) is 1. The maximum atomic E-state index is 13.2. The summed E-state index contributed by atoms with van der Waals surface area (Å²) < 4.78 is 13.2. The molecule has 1 aliphatic heterocycles. The van der Waals surface area contributed by atoms with Gasteiger partial charge in [-0.05, 0) is 49.1 Å². The lowest BCUT2D eigenvalue weighted by Gasteiger charge is -2.37. The number of benzene rings is 1. The molecule has 19 heavy (non-hydrogen) atoms. The average Bonchev–Trinajstić information content (AvgIpc) is 2.33. The zero-order valence-corrected chi connectivity index (χ0v) is 11.5. The number of hydrogen-bond acceptors (Lipinski definition) is 2. The van der Waals surface area contributed by atoms with E-state index in [1.54, 1.807) is 0 Å². The van der Waals surface area contributed by atoms with Gasteiger partial charge in [-0.2, -0.15) is 0 Å². The van der Waals surface area contributed by atoms with Crippen molar-refractivity contribution in [1.29, 1.82) is 0 Å². The Hall–Kier alpha value is -1.13. The van der Waals surface area contributed by atoms with E-state index in [2.05, 4.69) is 0 Å². The van der Waals surface area contributed by atoms with E-state index in [1.807, 2.05) is 11.8 Å². The molecule has 1 heterocycles. The zero-order chi connectivity index (χ0) is 14.0. The fourth-order valence-corrected chi connectivity index (χ4v) is 2.91. The van der Waals surface area contributed by atoms with Crippen molar-refractivity contribution in [3.05, 3.63) is 34.6 Å². The van der Waals surface area contributed by atoms with Gasteiger partial charge in [-0.3, -0.25) is 9.69 Å². The molecular weight excluding hydrogens is 269 g/mol. The Morgan fingerprint density at radius 3 is 3.00 bits per heavy atom. The molecule has 0 spiro atoms. The van der Waals surface area contributed by atoms with E-state index in [0.717, 1.165) is 12.8 Å². The molecule has 2 rings (SSSR count). The second-order valence-electron chi connectivity index (χ2n) is 5.11. The fraction of sp³-hybridized carbons (Fsp3) is 0.500. The Labute approximate surface area is 117 Å². The summed E-state index contributed by atoms with van der Waals surface area (Å²) in [7, 11) is 0. The van der Waals surface area contributed by atoms with Crippen LogP contribution in [0.4, 0.5) is 4.39 Å². The summed E-state index contributed by atoms with van der Waals surface area (Å²) in [5.41, 5.74) is 0.641. The first-order chi connectivity index (χ1) is 8.99. The van der Waals surface area contributed by atoms with E-state index < -0.39 is 12.0 Å². The molecule has 1 saturated heterocycles. The molecule has 0 bridgehead atoms. The maximum absolute atomic E-state index is 13.2. The third kappa shape index (κ3) is 3.25. The topological polar surface area (TPSA) is 40.5 Å². The molecule has 0 amide bonds. The van der Waals surface area contributed by atoms with Gasteiger partial charge in [0.25, 0.3) is 0 Å². The number of likely N-dealkylation sites (tertiary alicyclic amines) is 1. The second kappa shape index (κ2) is 5.88. The standard InChI is InChI=1S/C14H17ClFNO2/c1-9-3-2-6-17(13(9)14(18)19)8-10-7-11(16)4-5-12(10)15/h4-5,7,9,13H,2-3,6,8H2,1H3,(H,18,19). The third-order valence-electron chi connectivity index (χ3n) is 3.67. The molecule has 1 fully saturated rings. The molecule has 1 aromatic carbocycles. The smallest absolute Gasteiger partial charge is 0.321 e. The van der Waals surface area contributed by atoms with Gasteiger partial charge in [0.15, 0.2) is 0 Å². The number of aliphatic carboxylic acids is 1. The van der Waals surface area contributed by atoms with Crippen LogP contribution in [0.15, 0.2) is 18.2 Å². The fourth-order valence-electron chi connectivity index (χ4n) is 2.73. The summed E-state index contributed by atoms with van der Waals surface area (Å²) >= 11 is 6.04. The number of piperidine rings is 1. The average molecular weight is 286 g/mol. The Morgan fingerprint density at radius 2 is 2.32 bits per heavy atom. The molecule has 5 heteroatoms. The summed E-state index contributed by atoms with van der Waals surface area (Å²) in [5, 5.41) is 9.81. The van der Waals surface area contributed by atoms with Crippen molar-refractivity contribution < 1.29 is 14.3 Å². The first-order valence-electron chi connectivity index (χ1n) is 6.40. The number of carboxylic acid groups (broad SMARTS) is 1. The maximum Gasteiger partial charge on any atom is 0.321 e. The monoisotopic (exact) mass is 285 g/mol. The van der Waals surface area contributed by atoms with Gasteiger partial charge in [-0.25, -0.2) is 4.39 Å². The molecule has 1 aromatic rings. The molecule has 104 valence electrons. The molecule has 0 saturated carbocycles. The summed E-state index contributed by atoms with van der Waals surface area (Å²) in [6.07, 6.45) is 1.86. The predicted octanol–water partition coefficient (Wildman–Crippen LogP) is 3.16. The lowest BCUT2D eigenvalue weighted by Crippen LogP contribution is -2.48. The SMILES string of the molecule is CC1CCCN(Cc2cc(F)ccc2Cl)C1C(=O)O. The molecule has 2 atom stereocenters. The van der Waals surface area contributed by atoms with Crippen LogP contribution in [-0.2, 0) is 11.3 Å². The highest BCUT2D eigenvalue weighted by Crippen LogP contribution is 2.27. The van der Waals surface area contributed by atoms with Crippen molar-refractivity contribution in [3.8, 4) is 0 Å². The largest absolute Gasteiger partial charge is 0.480 e. The molecule has 0 radical (unpaired) electrons. The van der Waals surface area contributed by atoms with E-state index in [1.165, 1.54) is 18.2 Å². The van der Waals surface area contributed by atoms with Crippen molar-refractivity contribution in [2.45, 2.75) is 32.4 Å². The lowest BCUT2D eigenvalue weighted by molar-refractivity contribution is -0.147. The van der Waals surface area contributed by atoms with E-state index in [0.29, 0.717) is 23.7 Å². The molecule has 0 aliphatic carbocycles. The van der Waals surface area contributed by atoms with Crippen LogP contribution in [0.3, 0.4) is 0 Å². The van der Waals surface area contributed by atoms with E-state index in [-0.39, 0.29) is 11.7 Å². The van der Waals surface area contributed by atoms with Gasteiger partial charge in [0.1, 0.15) is 11.9 Å². The van der Waals surface area contributed by atoms with Gasteiger partial charge in [-0.15, -0.1) is 0 Å². The van der Waals surface area contributed by atoms with Gasteiger partial charge in [0.2, 0.25) is 0 Å². The summed E-state index contributed by atoms with van der Waals surface area (Å²) in [6, 6.07) is 3.67. The van der Waals surface area contributed by atoms with Gasteiger partial charge in [0.05, 0.1) is 0 Å². The van der Waals surface area contributed by atoms with Crippen LogP contribution in [0.1, 0.15) is 25.3 Å². The van der Waals surface area contributed by atoms with Crippen LogP contribution in [0.5, 0.6) is 0 Å². The Bertz CT molecular complexity index is 481. The molecular formula is C14H17ClFNO2. The summed E-state index contributed by atoms with van der Waals surface area (Å²) in [6.45, 7) is 3.02. The quantitative estimate of drug-likeness (QED) is 0.927. The van der Waals surface area contributed by atoms with Crippen molar-refractivity contribution in [2.24, 2.45) is 5.92 Å². The van der Waals surface area contributed by atoms with E-state index in [4.69, 9.17) is 11.6 Å². The van der Waals surface area contributed by atoms with Gasteiger partial charge in [-0.1, -0.05) is 18.5 Å².